The van der Waals surface area contributed by atoms with Crippen LogP contribution in [0.25, 0.3) is 0 Å². The predicted molar refractivity (Wildman–Crippen MR) is 133 cm³/mol. The summed E-state index contributed by atoms with van der Waals surface area (Å²) in [6, 6.07) is 5.10. The second-order valence-corrected chi connectivity index (χ2v) is 11.2. The molecule has 7 nitrogen and oxygen atoms in total. The molecule has 1 aromatic carbocycles. The summed E-state index contributed by atoms with van der Waals surface area (Å²) in [5, 5.41) is 2.86. The lowest BCUT2D eigenvalue weighted by Crippen LogP contribution is -2.47. The number of benzene rings is 1. The maximum atomic E-state index is 12.7. The van der Waals surface area contributed by atoms with Crippen LogP contribution in [0.4, 0.5) is 0 Å². The molecule has 2 aliphatic heterocycles. The molecule has 33 heavy (non-hydrogen) atoms. The zero-order chi connectivity index (χ0) is 23.4. The van der Waals surface area contributed by atoms with Crippen LogP contribution in [0.15, 0.2) is 27.9 Å². The molecule has 0 radical (unpaired) electrons. The molecule has 2 aromatic rings. The number of likely N-dealkylation sites (N-methyl/N-ethyl adjacent to an activating group) is 1. The van der Waals surface area contributed by atoms with Gasteiger partial charge in [0.05, 0.1) is 6.04 Å². The van der Waals surface area contributed by atoms with Gasteiger partial charge in [-0.2, -0.15) is 0 Å². The highest BCUT2D eigenvalue weighted by atomic mass is 35.5. The summed E-state index contributed by atoms with van der Waals surface area (Å²) in [5.41, 5.74) is 0.510. The largest absolute Gasteiger partial charge is 0.491 e. The van der Waals surface area contributed by atoms with Crippen LogP contribution in [0.2, 0.25) is 10.0 Å². The number of nitrogens with zero attached hydrogens (tertiary/aromatic N) is 4. The van der Waals surface area contributed by atoms with Crippen LogP contribution in [0.1, 0.15) is 23.3 Å². The van der Waals surface area contributed by atoms with Crippen molar-refractivity contribution >= 4 is 58.1 Å². The van der Waals surface area contributed by atoms with E-state index in [1.165, 1.54) is 11.3 Å². The summed E-state index contributed by atoms with van der Waals surface area (Å²) in [5.74, 6) is 1.44. The maximum Gasteiger partial charge on any atom is 0.273 e. The Morgan fingerprint density at radius 3 is 2.67 bits per heavy atom. The number of halogens is 2. The van der Waals surface area contributed by atoms with Crippen LogP contribution in [0.5, 0.6) is 5.75 Å². The standard InChI is InChI=1S/C22H26Cl2N4O3S2/c1-26-4-6-27(7-5-26)21(30)19-14-33-22(25-19)32-9-8-28-17(2-3-20(28)29)13-31-18-11-15(23)10-16(24)12-18/h10-12,14,17H,2-9,13H2,1H3/t17-/m1/s1. The number of hydrogen-bond acceptors (Lipinski definition) is 7. The number of amides is 2. The van der Waals surface area contributed by atoms with Crippen molar-refractivity contribution in [3.05, 3.63) is 39.3 Å². The minimum absolute atomic E-state index is 0.000692. The highest BCUT2D eigenvalue weighted by Gasteiger charge is 2.31. The Bertz CT molecular complexity index is 978. The lowest BCUT2D eigenvalue weighted by molar-refractivity contribution is -0.129. The lowest BCUT2D eigenvalue weighted by Gasteiger charge is -2.31. The summed E-state index contributed by atoms with van der Waals surface area (Å²) < 4.78 is 6.71. The van der Waals surface area contributed by atoms with E-state index < -0.39 is 0 Å². The second-order valence-electron chi connectivity index (χ2n) is 8.14. The normalized spacial score (nSPS) is 19.4. The van der Waals surface area contributed by atoms with Gasteiger partial charge in [-0.15, -0.1) is 11.3 Å². The molecule has 2 aliphatic rings. The Labute approximate surface area is 212 Å². The van der Waals surface area contributed by atoms with E-state index in [1.54, 1.807) is 30.0 Å². The Hall–Kier alpha value is -1.52. The third kappa shape index (κ3) is 6.54. The van der Waals surface area contributed by atoms with Crippen LogP contribution in [0, 0.1) is 0 Å². The van der Waals surface area contributed by atoms with Gasteiger partial charge in [-0.25, -0.2) is 4.98 Å². The number of aromatic nitrogens is 1. The summed E-state index contributed by atoms with van der Waals surface area (Å²) in [6.07, 6.45) is 1.29. The number of thiazole rings is 1. The fourth-order valence-electron chi connectivity index (χ4n) is 3.90. The van der Waals surface area contributed by atoms with Crippen molar-refractivity contribution in [3.63, 3.8) is 0 Å². The van der Waals surface area contributed by atoms with Gasteiger partial charge in [0, 0.05) is 60.3 Å². The van der Waals surface area contributed by atoms with E-state index in [4.69, 9.17) is 27.9 Å². The van der Waals surface area contributed by atoms with E-state index in [2.05, 4.69) is 16.9 Å². The van der Waals surface area contributed by atoms with Crippen molar-refractivity contribution in [1.82, 2.24) is 19.7 Å². The molecule has 1 atom stereocenters. The molecule has 178 valence electrons. The second kappa shape index (κ2) is 11.3. The van der Waals surface area contributed by atoms with Gasteiger partial charge in [0.2, 0.25) is 5.91 Å². The van der Waals surface area contributed by atoms with Gasteiger partial charge < -0.3 is 19.4 Å². The molecule has 0 saturated carbocycles. The van der Waals surface area contributed by atoms with Gasteiger partial charge >= 0.3 is 0 Å². The Kier molecular flexibility index (Phi) is 8.40. The van der Waals surface area contributed by atoms with Crippen LogP contribution < -0.4 is 4.74 Å². The molecule has 3 heterocycles. The molecular weight excluding hydrogens is 503 g/mol. The highest BCUT2D eigenvalue weighted by molar-refractivity contribution is 8.01. The summed E-state index contributed by atoms with van der Waals surface area (Å²) in [6.45, 7) is 4.24. The number of thioether (sulfide) groups is 1. The van der Waals surface area contributed by atoms with Crippen LogP contribution in [-0.4, -0.2) is 89.7 Å². The molecule has 2 amide bonds. The van der Waals surface area contributed by atoms with Gasteiger partial charge in [0.25, 0.3) is 5.91 Å². The molecule has 4 rings (SSSR count). The van der Waals surface area contributed by atoms with E-state index in [0.29, 0.717) is 46.8 Å². The van der Waals surface area contributed by atoms with Gasteiger partial charge in [-0.1, -0.05) is 35.0 Å². The van der Waals surface area contributed by atoms with Crippen molar-refractivity contribution in [2.24, 2.45) is 0 Å². The van der Waals surface area contributed by atoms with Crippen molar-refractivity contribution in [1.29, 1.82) is 0 Å². The van der Waals surface area contributed by atoms with Crippen LogP contribution >= 0.6 is 46.3 Å². The highest BCUT2D eigenvalue weighted by Crippen LogP contribution is 2.28. The Balaban J connectivity index is 1.26. The first kappa shape index (κ1) is 24.6. The topological polar surface area (TPSA) is 66.0 Å². The zero-order valence-electron chi connectivity index (χ0n) is 18.3. The smallest absolute Gasteiger partial charge is 0.273 e. The third-order valence-corrected chi connectivity index (χ3v) is 8.22. The first-order chi connectivity index (χ1) is 15.9. The molecular formula is C22H26Cl2N4O3S2. The van der Waals surface area contributed by atoms with Crippen LogP contribution in [0.3, 0.4) is 0 Å². The number of ether oxygens (including phenoxy) is 1. The molecule has 0 bridgehead atoms. The predicted octanol–water partition coefficient (Wildman–Crippen LogP) is 4.00. The summed E-state index contributed by atoms with van der Waals surface area (Å²) in [7, 11) is 2.06. The number of carbonyl (C=O) groups excluding carboxylic acids is 2. The zero-order valence-corrected chi connectivity index (χ0v) is 21.5. The van der Waals surface area contributed by atoms with Gasteiger partial charge in [-0.3, -0.25) is 9.59 Å². The SMILES string of the molecule is CN1CCN(C(=O)c2csc(SCCN3C(=O)CC[C@@H]3COc3cc(Cl)cc(Cl)c3)n2)CC1. The van der Waals surface area contributed by atoms with Crippen molar-refractivity contribution in [2.45, 2.75) is 23.2 Å². The van der Waals surface area contributed by atoms with Gasteiger partial charge in [0.15, 0.2) is 4.34 Å². The molecule has 0 unspecified atom stereocenters. The summed E-state index contributed by atoms with van der Waals surface area (Å²) in [4.78, 5) is 35.6. The lowest BCUT2D eigenvalue weighted by atomic mass is 10.2. The molecule has 0 N–H and O–H groups in total. The average molecular weight is 530 g/mol. The van der Waals surface area contributed by atoms with E-state index in [0.717, 1.165) is 36.9 Å². The molecule has 1 aromatic heterocycles. The van der Waals surface area contributed by atoms with E-state index in [9.17, 15) is 9.59 Å². The number of carbonyl (C=O) groups is 2. The van der Waals surface area contributed by atoms with Gasteiger partial charge in [-0.05, 0) is 31.7 Å². The maximum absolute atomic E-state index is 12.7. The monoisotopic (exact) mass is 528 g/mol. The fraction of sp³-hybridized carbons (Fsp3) is 0.500. The van der Waals surface area contributed by atoms with Crippen molar-refractivity contribution < 1.29 is 14.3 Å². The van der Waals surface area contributed by atoms with Gasteiger partial charge in [0.1, 0.15) is 18.1 Å². The molecule has 2 fully saturated rings. The first-order valence-corrected chi connectivity index (χ1v) is 13.5. The quantitative estimate of drug-likeness (QED) is 0.482. The van der Waals surface area contributed by atoms with E-state index >= 15 is 0 Å². The number of rotatable bonds is 8. The molecule has 0 spiro atoms. The van der Waals surface area contributed by atoms with E-state index in [1.807, 2.05) is 15.2 Å². The number of hydrogen-bond donors (Lipinski definition) is 0. The number of piperazine rings is 1. The summed E-state index contributed by atoms with van der Waals surface area (Å²) >= 11 is 15.1. The molecule has 11 heteroatoms. The first-order valence-electron chi connectivity index (χ1n) is 10.8. The third-order valence-electron chi connectivity index (χ3n) is 5.78. The van der Waals surface area contributed by atoms with Crippen molar-refractivity contribution in [2.75, 3.05) is 52.1 Å². The Morgan fingerprint density at radius 1 is 1.21 bits per heavy atom. The van der Waals surface area contributed by atoms with Crippen molar-refractivity contribution in [3.8, 4) is 5.75 Å². The molecule has 2 saturated heterocycles. The number of likely N-dealkylation sites (tertiary alicyclic amines) is 1. The fourth-order valence-corrected chi connectivity index (χ4v) is 6.22. The average Bonchev–Trinajstić information content (AvgIpc) is 3.39. The minimum atomic E-state index is -0.000692. The molecule has 0 aliphatic carbocycles. The van der Waals surface area contributed by atoms with Crippen LogP contribution in [-0.2, 0) is 4.79 Å². The van der Waals surface area contributed by atoms with E-state index in [-0.39, 0.29) is 17.9 Å². The minimum Gasteiger partial charge on any atom is -0.491 e. The Morgan fingerprint density at radius 2 is 1.94 bits per heavy atom.